The lowest BCUT2D eigenvalue weighted by atomic mass is 10.5. The average molecular weight is 279 g/mol. The van der Waals surface area contributed by atoms with Crippen LogP contribution in [0.2, 0.25) is 39.3 Å². The maximum absolute atomic E-state index is 6.00. The molecule has 0 bridgehead atoms. The van der Waals surface area contributed by atoms with E-state index in [4.69, 9.17) is 13.3 Å². The van der Waals surface area contributed by atoms with Gasteiger partial charge in [0.05, 0.1) is 0 Å². The Morgan fingerprint density at radius 2 is 1.38 bits per heavy atom. The topological polar surface area (TPSA) is 27.7 Å². The lowest BCUT2D eigenvalue weighted by Crippen LogP contribution is -2.43. The molecule has 0 aliphatic carbocycles. The van der Waals surface area contributed by atoms with E-state index in [0.717, 1.165) is 13.0 Å². The van der Waals surface area contributed by atoms with Crippen LogP contribution in [0, 0.1) is 0 Å². The van der Waals surface area contributed by atoms with Gasteiger partial charge in [-0.15, -0.1) is 0 Å². The molecule has 0 atom stereocenters. The lowest BCUT2D eigenvalue weighted by Gasteiger charge is -2.30. The molecular weight excluding hydrogens is 252 g/mol. The highest BCUT2D eigenvalue weighted by Gasteiger charge is 2.28. The highest BCUT2D eigenvalue weighted by molar-refractivity contribution is 6.71. The van der Waals surface area contributed by atoms with Crippen LogP contribution in [0.5, 0.6) is 0 Å². The molecule has 0 amide bonds. The quantitative estimate of drug-likeness (QED) is 0.388. The first-order valence-corrected chi connectivity index (χ1v) is 13.7. The van der Waals surface area contributed by atoms with Gasteiger partial charge in [-0.1, -0.05) is 6.92 Å². The highest BCUT2D eigenvalue weighted by atomic mass is 28.4. The monoisotopic (exact) mass is 278 g/mol. The van der Waals surface area contributed by atoms with Crippen LogP contribution in [0.1, 0.15) is 13.3 Å². The first-order chi connectivity index (χ1) is 7.14. The highest BCUT2D eigenvalue weighted by Crippen LogP contribution is 2.13. The second-order valence-electron chi connectivity index (χ2n) is 5.76. The van der Waals surface area contributed by atoms with Crippen LogP contribution < -0.4 is 0 Å². The van der Waals surface area contributed by atoms with Gasteiger partial charge in [0.1, 0.15) is 5.91 Å². The van der Waals surface area contributed by atoms with Crippen molar-refractivity contribution in [2.24, 2.45) is 0 Å². The fraction of sp³-hybridized carbons (Fsp3) is 1.00. The minimum atomic E-state index is -1.56. The number of hydrogen-bond acceptors (Lipinski definition) is 3. The Bertz CT molecular complexity index is 171. The van der Waals surface area contributed by atoms with E-state index in [0.29, 0.717) is 9.76 Å². The Morgan fingerprint density at radius 3 is 1.69 bits per heavy atom. The zero-order valence-electron chi connectivity index (χ0n) is 11.7. The van der Waals surface area contributed by atoms with Gasteiger partial charge >= 0.3 is 0 Å². The van der Waals surface area contributed by atoms with Crippen LogP contribution in [0.3, 0.4) is 0 Å². The predicted molar refractivity (Wildman–Crippen MR) is 74.6 cm³/mol. The summed E-state index contributed by atoms with van der Waals surface area (Å²) in [5, 5.41) is 0. The first kappa shape index (κ1) is 16.5. The molecule has 2 radical (unpaired) electrons. The predicted octanol–water partition coefficient (Wildman–Crippen LogP) is 3.02. The Morgan fingerprint density at radius 1 is 0.938 bits per heavy atom. The van der Waals surface area contributed by atoms with E-state index in [1.165, 1.54) is 0 Å². The molecule has 0 rings (SSSR count). The summed E-state index contributed by atoms with van der Waals surface area (Å²) in [5.74, 6) is -0.148. The second-order valence-corrected chi connectivity index (χ2v) is 15.7. The largest absolute Gasteiger partial charge is 0.412 e. The molecule has 0 unspecified atom stereocenters. The minimum absolute atomic E-state index is 0.148. The molecule has 3 nitrogen and oxygen atoms in total. The van der Waals surface area contributed by atoms with Crippen molar-refractivity contribution in [3.63, 3.8) is 0 Å². The summed E-state index contributed by atoms with van der Waals surface area (Å²) in [6.45, 7) is 16.0. The van der Waals surface area contributed by atoms with Crippen LogP contribution in [-0.2, 0) is 13.3 Å². The smallest absolute Gasteiger partial charge is 0.297 e. The molecule has 0 saturated heterocycles. The average Bonchev–Trinajstić information content (AvgIpc) is 1.97. The van der Waals surface area contributed by atoms with Gasteiger partial charge in [-0.2, -0.15) is 0 Å². The normalized spacial score (nSPS) is 13.5. The van der Waals surface area contributed by atoms with E-state index in [-0.39, 0.29) is 5.91 Å². The maximum Gasteiger partial charge on any atom is 0.297 e. The molecule has 0 N–H and O–H groups in total. The second kappa shape index (κ2) is 7.07. The SMILES string of the molecule is CCCO[Si]C(O[Si](C)(C)C)O[Si](C)(C)C. The first-order valence-electron chi connectivity index (χ1n) is 5.87. The molecule has 96 valence electrons. The van der Waals surface area contributed by atoms with Crippen molar-refractivity contribution in [1.82, 2.24) is 0 Å². The van der Waals surface area contributed by atoms with E-state index in [1.54, 1.807) is 0 Å². The summed E-state index contributed by atoms with van der Waals surface area (Å²) in [7, 11) is -2.81. The lowest BCUT2D eigenvalue weighted by molar-refractivity contribution is 0.0466. The van der Waals surface area contributed by atoms with Crippen LogP contribution in [0.15, 0.2) is 0 Å². The summed E-state index contributed by atoms with van der Waals surface area (Å²) in [6, 6.07) is 0. The summed E-state index contributed by atoms with van der Waals surface area (Å²) in [6.07, 6.45) is 1.04. The van der Waals surface area contributed by atoms with Gasteiger partial charge in [0.25, 0.3) is 9.76 Å². The van der Waals surface area contributed by atoms with E-state index < -0.39 is 16.6 Å². The van der Waals surface area contributed by atoms with Crippen molar-refractivity contribution in [3.05, 3.63) is 0 Å². The fourth-order valence-corrected chi connectivity index (χ4v) is 5.38. The fourth-order valence-electron chi connectivity index (χ4n) is 0.943. The van der Waals surface area contributed by atoms with Gasteiger partial charge in [0, 0.05) is 6.61 Å². The molecule has 0 heterocycles. The van der Waals surface area contributed by atoms with Gasteiger partial charge in [-0.3, -0.25) is 0 Å². The molecule has 0 fully saturated rings. The Balaban J connectivity index is 4.17. The van der Waals surface area contributed by atoms with Crippen molar-refractivity contribution >= 4 is 26.4 Å². The van der Waals surface area contributed by atoms with Gasteiger partial charge in [-0.25, -0.2) is 0 Å². The van der Waals surface area contributed by atoms with E-state index in [2.05, 4.69) is 46.2 Å². The van der Waals surface area contributed by atoms with Crippen LogP contribution in [0.4, 0.5) is 0 Å². The molecular formula is C10H26O3Si3. The molecule has 0 saturated carbocycles. The van der Waals surface area contributed by atoms with Gasteiger partial charge in [-0.05, 0) is 45.7 Å². The maximum atomic E-state index is 6.00. The van der Waals surface area contributed by atoms with Crippen LogP contribution in [-0.4, -0.2) is 38.9 Å². The van der Waals surface area contributed by atoms with Crippen molar-refractivity contribution in [2.45, 2.75) is 58.5 Å². The van der Waals surface area contributed by atoms with Crippen molar-refractivity contribution in [1.29, 1.82) is 0 Å². The third-order valence-corrected chi connectivity index (χ3v) is 4.52. The zero-order chi connectivity index (χ0) is 12.8. The summed E-state index contributed by atoms with van der Waals surface area (Å²) in [4.78, 5) is 0. The molecule has 0 aliphatic heterocycles. The molecule has 6 heteroatoms. The van der Waals surface area contributed by atoms with Gasteiger partial charge in [0.15, 0.2) is 16.6 Å². The molecule has 0 aromatic carbocycles. The summed E-state index contributed by atoms with van der Waals surface area (Å²) >= 11 is 0. The molecule has 16 heavy (non-hydrogen) atoms. The third kappa shape index (κ3) is 11.0. The zero-order valence-corrected chi connectivity index (χ0v) is 14.7. The Kier molecular flexibility index (Phi) is 7.31. The summed E-state index contributed by atoms with van der Waals surface area (Å²) in [5.41, 5.74) is 0. The summed E-state index contributed by atoms with van der Waals surface area (Å²) < 4.78 is 17.6. The van der Waals surface area contributed by atoms with Gasteiger partial charge < -0.3 is 13.3 Å². The van der Waals surface area contributed by atoms with E-state index >= 15 is 0 Å². The van der Waals surface area contributed by atoms with Crippen LogP contribution in [0.25, 0.3) is 0 Å². The Hall–Kier alpha value is 0.531. The van der Waals surface area contributed by atoms with Crippen molar-refractivity contribution in [2.75, 3.05) is 6.61 Å². The van der Waals surface area contributed by atoms with Crippen LogP contribution >= 0.6 is 0 Å². The third-order valence-electron chi connectivity index (χ3n) is 1.41. The number of rotatable bonds is 8. The van der Waals surface area contributed by atoms with E-state index in [9.17, 15) is 0 Å². The minimum Gasteiger partial charge on any atom is -0.412 e. The van der Waals surface area contributed by atoms with Crippen molar-refractivity contribution < 1.29 is 13.3 Å². The van der Waals surface area contributed by atoms with E-state index in [1.807, 2.05) is 0 Å². The number of hydrogen-bond donors (Lipinski definition) is 0. The van der Waals surface area contributed by atoms with Crippen molar-refractivity contribution in [3.8, 4) is 0 Å². The Labute approximate surface area is 105 Å². The van der Waals surface area contributed by atoms with Gasteiger partial charge in [0.2, 0.25) is 0 Å². The standard InChI is InChI=1S/C10H26O3Si3/c1-8-9-11-14-10(12-15(2,3)4)13-16(5,6)7/h10H,8-9H2,1-7H3. The molecule has 0 aliphatic rings. The molecule has 0 aromatic heterocycles. The molecule has 0 aromatic rings. The molecule has 0 spiro atoms.